The molecule has 2 heterocycles. The molecule has 0 radical (unpaired) electrons. The number of hydrogen-bond acceptors (Lipinski definition) is 5. The van der Waals surface area contributed by atoms with Gasteiger partial charge in [-0.15, -0.1) is 0 Å². The van der Waals surface area contributed by atoms with Crippen molar-refractivity contribution in [3.8, 4) is 11.4 Å². The van der Waals surface area contributed by atoms with Crippen molar-refractivity contribution in [1.29, 1.82) is 0 Å². The Morgan fingerprint density at radius 2 is 1.72 bits per heavy atom. The van der Waals surface area contributed by atoms with Crippen LogP contribution in [0.3, 0.4) is 0 Å². The van der Waals surface area contributed by atoms with Gasteiger partial charge < -0.3 is 15.0 Å². The Kier molecular flexibility index (Phi) is 4.86. The number of amides is 1. The first kappa shape index (κ1) is 20.5. The molecule has 0 atom stereocenters. The lowest BCUT2D eigenvalue weighted by molar-refractivity contribution is 0.0972. The standard InChI is InChI=1S/C25H26N4O3/c1-16(30)22-21-12-15-28(18-6-4-17(5-7-18)25(26-2)13-14-25)24(31)23(21)29(27-22)19-8-10-20(32-3)11-9-19/h4-11,26H,12-15H2,1-3H3. The smallest absolute Gasteiger partial charge is 0.277 e. The Morgan fingerprint density at radius 3 is 2.28 bits per heavy atom. The summed E-state index contributed by atoms with van der Waals surface area (Å²) in [4.78, 5) is 27.7. The second kappa shape index (κ2) is 7.60. The largest absolute Gasteiger partial charge is 0.497 e. The van der Waals surface area contributed by atoms with Crippen LogP contribution in [0, 0.1) is 0 Å². The first-order valence-electron chi connectivity index (χ1n) is 10.9. The number of carbonyl (C=O) groups excluding carboxylic acids is 2. The highest BCUT2D eigenvalue weighted by Gasteiger charge is 2.42. The Balaban J connectivity index is 1.53. The molecule has 32 heavy (non-hydrogen) atoms. The minimum atomic E-state index is -0.149. The summed E-state index contributed by atoms with van der Waals surface area (Å²) >= 11 is 0. The van der Waals surface area contributed by atoms with Crippen LogP contribution in [0.4, 0.5) is 5.69 Å². The van der Waals surface area contributed by atoms with Crippen LogP contribution in [-0.2, 0) is 12.0 Å². The van der Waals surface area contributed by atoms with Crippen molar-refractivity contribution in [2.45, 2.75) is 31.7 Å². The van der Waals surface area contributed by atoms with E-state index in [0.29, 0.717) is 35.8 Å². The van der Waals surface area contributed by atoms with Crippen LogP contribution in [0.5, 0.6) is 5.75 Å². The lowest BCUT2D eigenvalue weighted by atomic mass is 10.00. The molecule has 0 spiro atoms. The lowest BCUT2D eigenvalue weighted by Gasteiger charge is -2.28. The highest BCUT2D eigenvalue weighted by Crippen LogP contribution is 2.45. The molecule has 164 valence electrons. The van der Waals surface area contributed by atoms with Gasteiger partial charge in [-0.05, 0) is 68.3 Å². The number of ether oxygens (including phenoxy) is 1. The number of methoxy groups -OCH3 is 1. The summed E-state index contributed by atoms with van der Waals surface area (Å²) < 4.78 is 6.83. The monoisotopic (exact) mass is 430 g/mol. The van der Waals surface area contributed by atoms with E-state index >= 15 is 0 Å². The first-order chi connectivity index (χ1) is 15.5. The van der Waals surface area contributed by atoms with E-state index in [1.54, 1.807) is 16.7 Å². The molecule has 0 bridgehead atoms. The molecule has 1 fully saturated rings. The van der Waals surface area contributed by atoms with E-state index in [-0.39, 0.29) is 17.2 Å². The lowest BCUT2D eigenvalue weighted by Crippen LogP contribution is -2.39. The third-order valence-electron chi connectivity index (χ3n) is 6.63. The fourth-order valence-corrected chi connectivity index (χ4v) is 4.57. The van der Waals surface area contributed by atoms with Crippen molar-refractivity contribution in [3.05, 3.63) is 71.0 Å². The normalized spacial score (nSPS) is 16.6. The van der Waals surface area contributed by atoms with E-state index in [1.165, 1.54) is 12.5 Å². The van der Waals surface area contributed by atoms with Gasteiger partial charge in [0.05, 0.1) is 12.8 Å². The van der Waals surface area contributed by atoms with E-state index in [1.807, 2.05) is 43.4 Å². The molecule has 7 heteroatoms. The maximum Gasteiger partial charge on any atom is 0.277 e. The third-order valence-corrected chi connectivity index (χ3v) is 6.63. The molecule has 3 aromatic rings. The first-order valence-corrected chi connectivity index (χ1v) is 10.9. The van der Waals surface area contributed by atoms with Crippen molar-refractivity contribution in [3.63, 3.8) is 0 Å². The number of fused-ring (bicyclic) bond motifs is 1. The van der Waals surface area contributed by atoms with Crippen LogP contribution in [0.1, 0.15) is 51.9 Å². The summed E-state index contributed by atoms with van der Waals surface area (Å²) in [5, 5.41) is 7.94. The van der Waals surface area contributed by atoms with E-state index < -0.39 is 0 Å². The molecule has 7 nitrogen and oxygen atoms in total. The molecule has 1 saturated carbocycles. The number of hydrogen-bond donors (Lipinski definition) is 1. The number of rotatable bonds is 6. The van der Waals surface area contributed by atoms with Crippen molar-refractivity contribution in [1.82, 2.24) is 15.1 Å². The molecular formula is C25H26N4O3. The van der Waals surface area contributed by atoms with Gasteiger partial charge in [-0.25, -0.2) is 4.68 Å². The Labute approximate surface area is 187 Å². The van der Waals surface area contributed by atoms with E-state index in [2.05, 4.69) is 22.5 Å². The second-order valence-electron chi connectivity index (χ2n) is 8.43. The van der Waals surface area contributed by atoms with Crippen LogP contribution in [0.2, 0.25) is 0 Å². The van der Waals surface area contributed by atoms with E-state index in [4.69, 9.17) is 4.74 Å². The SMILES string of the molecule is CNC1(c2ccc(N3CCc4c(C(C)=O)nn(-c5ccc(OC)cc5)c4C3=O)cc2)CC1. The van der Waals surface area contributed by atoms with Gasteiger partial charge in [0.15, 0.2) is 5.78 Å². The summed E-state index contributed by atoms with van der Waals surface area (Å²) in [7, 11) is 3.59. The molecular weight excluding hydrogens is 404 g/mol. The van der Waals surface area contributed by atoms with E-state index in [9.17, 15) is 9.59 Å². The predicted molar refractivity (Wildman–Crippen MR) is 122 cm³/mol. The quantitative estimate of drug-likeness (QED) is 0.606. The topological polar surface area (TPSA) is 76.5 Å². The molecule has 1 aliphatic carbocycles. The number of anilines is 1. The van der Waals surface area contributed by atoms with Gasteiger partial charge in [-0.2, -0.15) is 5.10 Å². The highest BCUT2D eigenvalue weighted by atomic mass is 16.5. The van der Waals surface area contributed by atoms with Crippen LogP contribution in [-0.4, -0.2) is 42.2 Å². The van der Waals surface area contributed by atoms with Crippen LogP contribution in [0.15, 0.2) is 48.5 Å². The zero-order valence-corrected chi connectivity index (χ0v) is 18.5. The molecule has 5 rings (SSSR count). The number of Topliss-reactive ketones (excluding diaryl/α,β-unsaturated/α-hetero) is 1. The van der Waals surface area contributed by atoms with E-state index in [0.717, 1.165) is 24.1 Å². The number of nitrogens with zero attached hydrogens (tertiary/aromatic N) is 3. The number of benzene rings is 2. The van der Waals surface area contributed by atoms with Crippen molar-refractivity contribution in [2.24, 2.45) is 0 Å². The average Bonchev–Trinajstić information content (AvgIpc) is 3.52. The fourth-order valence-electron chi connectivity index (χ4n) is 4.57. The molecule has 0 unspecified atom stereocenters. The molecule has 1 aromatic heterocycles. The van der Waals surface area contributed by atoms with Crippen molar-refractivity contribution < 1.29 is 14.3 Å². The van der Waals surface area contributed by atoms with Gasteiger partial charge in [-0.1, -0.05) is 12.1 Å². The predicted octanol–water partition coefficient (Wildman–Crippen LogP) is 3.49. The van der Waals surface area contributed by atoms with Crippen molar-refractivity contribution >= 4 is 17.4 Å². The molecule has 1 N–H and O–H groups in total. The zero-order valence-electron chi connectivity index (χ0n) is 18.5. The summed E-state index contributed by atoms with van der Waals surface area (Å²) in [6, 6.07) is 15.5. The minimum Gasteiger partial charge on any atom is -0.497 e. The number of ketones is 1. The third kappa shape index (κ3) is 3.20. The second-order valence-corrected chi connectivity index (χ2v) is 8.43. The molecule has 1 amide bonds. The fraction of sp³-hybridized carbons (Fsp3) is 0.320. The van der Waals surface area contributed by atoms with Gasteiger partial charge in [0.25, 0.3) is 5.91 Å². The minimum absolute atomic E-state index is 0.0843. The maximum atomic E-state index is 13.6. The van der Waals surface area contributed by atoms with Gasteiger partial charge in [0.1, 0.15) is 17.1 Å². The van der Waals surface area contributed by atoms with Crippen LogP contribution in [0.25, 0.3) is 5.69 Å². The Bertz CT molecular complexity index is 1190. The maximum absolute atomic E-state index is 13.6. The summed E-state index contributed by atoms with van der Waals surface area (Å²) in [6.07, 6.45) is 2.84. The number of aromatic nitrogens is 2. The van der Waals surface area contributed by atoms with Crippen molar-refractivity contribution in [2.75, 3.05) is 25.6 Å². The number of carbonyl (C=O) groups is 2. The average molecular weight is 431 g/mol. The van der Waals surface area contributed by atoms with Gasteiger partial charge in [0.2, 0.25) is 0 Å². The summed E-state index contributed by atoms with van der Waals surface area (Å²) in [6.45, 7) is 2.00. The Morgan fingerprint density at radius 1 is 1.06 bits per heavy atom. The van der Waals surface area contributed by atoms with Crippen LogP contribution >= 0.6 is 0 Å². The molecule has 2 aromatic carbocycles. The molecule has 0 saturated heterocycles. The highest BCUT2D eigenvalue weighted by molar-refractivity contribution is 6.09. The molecule has 2 aliphatic rings. The summed E-state index contributed by atoms with van der Waals surface area (Å²) in [5.41, 5.74) is 4.43. The van der Waals surface area contributed by atoms with Gasteiger partial charge in [-0.3, -0.25) is 9.59 Å². The molecule has 1 aliphatic heterocycles. The van der Waals surface area contributed by atoms with Gasteiger partial charge in [0, 0.05) is 30.3 Å². The van der Waals surface area contributed by atoms with Crippen LogP contribution < -0.4 is 15.0 Å². The zero-order chi connectivity index (χ0) is 22.5. The van der Waals surface area contributed by atoms with Gasteiger partial charge >= 0.3 is 0 Å². The summed E-state index contributed by atoms with van der Waals surface area (Å²) in [5.74, 6) is 0.426. The number of nitrogens with one attached hydrogen (secondary N) is 1. The Hall–Kier alpha value is -3.45.